The van der Waals surface area contributed by atoms with Crippen LogP contribution in [0.4, 0.5) is 0 Å². The van der Waals surface area contributed by atoms with Crippen LogP contribution < -0.4 is 15.7 Å². The van der Waals surface area contributed by atoms with Gasteiger partial charge < -0.3 is 14.5 Å². The van der Waals surface area contributed by atoms with E-state index in [1.54, 1.807) is 23.0 Å². The van der Waals surface area contributed by atoms with Gasteiger partial charge in [-0.25, -0.2) is 9.48 Å². The number of rotatable bonds is 9. The van der Waals surface area contributed by atoms with Crippen LogP contribution >= 0.6 is 0 Å². The Bertz CT molecular complexity index is 1010. The van der Waals surface area contributed by atoms with E-state index in [4.69, 9.17) is 9.15 Å². The van der Waals surface area contributed by atoms with Gasteiger partial charge in [-0.05, 0) is 49.6 Å². The van der Waals surface area contributed by atoms with Crippen LogP contribution in [0.25, 0.3) is 11.6 Å². The topological polar surface area (TPSA) is 91.3 Å². The highest BCUT2D eigenvalue weighted by molar-refractivity contribution is 5.78. The lowest BCUT2D eigenvalue weighted by atomic mass is 10.1. The van der Waals surface area contributed by atoms with Gasteiger partial charge in [-0.3, -0.25) is 9.36 Å². The van der Waals surface area contributed by atoms with E-state index in [1.807, 2.05) is 31.2 Å². The van der Waals surface area contributed by atoms with Crippen molar-refractivity contribution in [2.75, 3.05) is 13.2 Å². The van der Waals surface area contributed by atoms with Crippen molar-refractivity contribution in [1.82, 2.24) is 19.7 Å². The summed E-state index contributed by atoms with van der Waals surface area (Å²) >= 11 is 0. The Kier molecular flexibility index (Phi) is 5.50. The Morgan fingerprint density at radius 1 is 1.28 bits per heavy atom. The quantitative estimate of drug-likeness (QED) is 0.600. The lowest BCUT2D eigenvalue weighted by molar-refractivity contribution is -0.120. The number of nitrogens with zero attached hydrogens (tertiary/aromatic N) is 3. The summed E-state index contributed by atoms with van der Waals surface area (Å²) in [4.78, 5) is 24.9. The van der Waals surface area contributed by atoms with Crippen LogP contribution in [0, 0.1) is 0 Å². The minimum Gasteiger partial charge on any atom is -0.494 e. The molecule has 152 valence electrons. The molecule has 0 saturated heterocycles. The minimum atomic E-state index is -0.167. The summed E-state index contributed by atoms with van der Waals surface area (Å²) in [6, 6.07) is 11.2. The summed E-state index contributed by atoms with van der Waals surface area (Å²) in [5, 5.41) is 7.28. The first kappa shape index (κ1) is 19.0. The van der Waals surface area contributed by atoms with Gasteiger partial charge in [0.15, 0.2) is 5.76 Å². The number of ether oxygens (including phenoxy) is 1. The fourth-order valence-corrected chi connectivity index (χ4v) is 3.22. The maximum atomic E-state index is 12.7. The molecule has 8 heteroatoms. The summed E-state index contributed by atoms with van der Waals surface area (Å²) < 4.78 is 13.9. The van der Waals surface area contributed by atoms with Crippen LogP contribution in [0.5, 0.6) is 5.75 Å². The largest absolute Gasteiger partial charge is 0.494 e. The number of aromatic nitrogens is 3. The Morgan fingerprint density at radius 3 is 2.72 bits per heavy atom. The van der Waals surface area contributed by atoms with Gasteiger partial charge in [0.2, 0.25) is 11.7 Å². The van der Waals surface area contributed by atoms with Crippen LogP contribution in [-0.2, 0) is 17.8 Å². The molecule has 1 fully saturated rings. The van der Waals surface area contributed by atoms with Gasteiger partial charge in [-0.2, -0.15) is 0 Å². The molecule has 1 aromatic carbocycles. The number of carbonyl (C=O) groups is 1. The second-order valence-electron chi connectivity index (χ2n) is 7.01. The number of benzene rings is 1. The van der Waals surface area contributed by atoms with Crippen LogP contribution in [0.3, 0.4) is 0 Å². The fourth-order valence-electron chi connectivity index (χ4n) is 3.22. The number of hydrogen-bond acceptors (Lipinski definition) is 5. The lowest BCUT2D eigenvalue weighted by Crippen LogP contribution is -2.32. The number of carbonyl (C=O) groups excluding carboxylic acids is 1. The predicted octanol–water partition coefficient (Wildman–Crippen LogP) is 2.40. The number of hydrogen-bond donors (Lipinski definition) is 1. The summed E-state index contributed by atoms with van der Waals surface area (Å²) in [5.41, 5.74) is 0.737. The van der Waals surface area contributed by atoms with E-state index in [0.29, 0.717) is 31.3 Å². The van der Waals surface area contributed by atoms with Gasteiger partial charge in [0.25, 0.3) is 0 Å². The zero-order chi connectivity index (χ0) is 20.2. The highest BCUT2D eigenvalue weighted by Gasteiger charge is 2.31. The Hall–Kier alpha value is -3.29. The molecule has 0 spiro atoms. The number of amides is 1. The van der Waals surface area contributed by atoms with Crippen molar-refractivity contribution in [2.24, 2.45) is 0 Å². The maximum absolute atomic E-state index is 12.7. The summed E-state index contributed by atoms with van der Waals surface area (Å²) in [6.45, 7) is 3.17. The molecule has 4 rings (SSSR count). The normalized spacial score (nSPS) is 13.4. The molecule has 0 unspecified atom stereocenters. The van der Waals surface area contributed by atoms with Crippen molar-refractivity contribution in [3.63, 3.8) is 0 Å². The zero-order valence-electron chi connectivity index (χ0n) is 16.3. The molecule has 1 saturated carbocycles. The number of nitrogens with one attached hydrogen (secondary N) is 1. The van der Waals surface area contributed by atoms with Gasteiger partial charge in [0.05, 0.1) is 25.8 Å². The smallest absolute Gasteiger partial charge is 0.346 e. The van der Waals surface area contributed by atoms with Crippen molar-refractivity contribution in [1.29, 1.82) is 0 Å². The molecule has 0 bridgehead atoms. The van der Waals surface area contributed by atoms with Crippen molar-refractivity contribution in [3.8, 4) is 17.3 Å². The SMILES string of the molecule is CCOc1ccc(CC(=O)NCCn2nc(-c3ccco3)n(C3CC3)c2=O)cc1. The third-order valence-corrected chi connectivity index (χ3v) is 4.77. The van der Waals surface area contributed by atoms with E-state index in [1.165, 1.54) is 4.68 Å². The van der Waals surface area contributed by atoms with Gasteiger partial charge >= 0.3 is 5.69 Å². The Morgan fingerprint density at radius 2 is 2.07 bits per heavy atom. The summed E-state index contributed by atoms with van der Waals surface area (Å²) in [6.07, 6.45) is 3.78. The average molecular weight is 396 g/mol. The molecule has 1 N–H and O–H groups in total. The second-order valence-corrected chi connectivity index (χ2v) is 7.01. The maximum Gasteiger partial charge on any atom is 0.346 e. The van der Waals surface area contributed by atoms with E-state index in [9.17, 15) is 9.59 Å². The molecule has 2 aromatic heterocycles. The fraction of sp³-hybridized carbons (Fsp3) is 0.381. The molecule has 1 amide bonds. The minimum absolute atomic E-state index is 0.102. The highest BCUT2D eigenvalue weighted by Crippen LogP contribution is 2.36. The summed E-state index contributed by atoms with van der Waals surface area (Å²) in [5.74, 6) is 1.81. The molecule has 2 heterocycles. The molecule has 1 aliphatic carbocycles. The molecular formula is C21H24N4O4. The molecule has 0 atom stereocenters. The first-order chi connectivity index (χ1) is 14.2. The Balaban J connectivity index is 1.35. The van der Waals surface area contributed by atoms with Gasteiger partial charge in [0.1, 0.15) is 5.75 Å². The molecular weight excluding hydrogens is 372 g/mol. The standard InChI is InChI=1S/C21H24N4O4/c1-2-28-17-9-5-15(6-10-17)14-19(26)22-11-12-24-21(27)25(16-7-8-16)20(23-24)18-4-3-13-29-18/h3-6,9-10,13,16H,2,7-8,11-12,14H2,1H3,(H,22,26). The van der Waals surface area contributed by atoms with Crippen molar-refractivity contribution >= 4 is 5.91 Å². The van der Waals surface area contributed by atoms with E-state index in [2.05, 4.69) is 10.4 Å². The molecule has 8 nitrogen and oxygen atoms in total. The molecule has 29 heavy (non-hydrogen) atoms. The Labute approximate surface area is 168 Å². The number of furan rings is 1. The van der Waals surface area contributed by atoms with Gasteiger partial charge in [0, 0.05) is 12.6 Å². The molecule has 1 aliphatic rings. The van der Waals surface area contributed by atoms with Crippen LogP contribution in [0.2, 0.25) is 0 Å². The van der Waals surface area contributed by atoms with Crippen molar-refractivity contribution < 1.29 is 13.9 Å². The van der Waals surface area contributed by atoms with Crippen molar-refractivity contribution in [3.05, 3.63) is 58.7 Å². The molecule has 3 aromatic rings. The zero-order valence-corrected chi connectivity index (χ0v) is 16.3. The summed E-state index contributed by atoms with van der Waals surface area (Å²) in [7, 11) is 0. The van der Waals surface area contributed by atoms with Gasteiger partial charge in [-0.1, -0.05) is 12.1 Å². The highest BCUT2D eigenvalue weighted by atomic mass is 16.5. The van der Waals surface area contributed by atoms with E-state index in [-0.39, 0.29) is 24.1 Å². The monoisotopic (exact) mass is 396 g/mol. The van der Waals surface area contributed by atoms with Crippen LogP contribution in [0.1, 0.15) is 31.4 Å². The first-order valence-electron chi connectivity index (χ1n) is 9.87. The van der Waals surface area contributed by atoms with Crippen LogP contribution in [-0.4, -0.2) is 33.4 Å². The average Bonchev–Trinajstić information content (AvgIpc) is 3.28. The first-order valence-corrected chi connectivity index (χ1v) is 9.87. The van der Waals surface area contributed by atoms with Crippen molar-refractivity contribution in [2.45, 2.75) is 38.8 Å². The van der Waals surface area contributed by atoms with E-state index >= 15 is 0 Å². The van der Waals surface area contributed by atoms with Crippen LogP contribution in [0.15, 0.2) is 51.9 Å². The third kappa shape index (κ3) is 4.42. The van der Waals surface area contributed by atoms with Gasteiger partial charge in [-0.15, -0.1) is 5.10 Å². The molecule has 0 aliphatic heterocycles. The van der Waals surface area contributed by atoms with E-state index in [0.717, 1.165) is 24.2 Å². The predicted molar refractivity (Wildman–Crippen MR) is 107 cm³/mol. The van der Waals surface area contributed by atoms with E-state index < -0.39 is 0 Å². The second kappa shape index (κ2) is 8.38. The molecule has 0 radical (unpaired) electrons. The lowest BCUT2D eigenvalue weighted by Gasteiger charge is -2.06. The third-order valence-electron chi connectivity index (χ3n) is 4.77.